The third-order valence-corrected chi connectivity index (χ3v) is 13.1. The van der Waals surface area contributed by atoms with Gasteiger partial charge in [-0.2, -0.15) is 0 Å². The topological polar surface area (TPSA) is 0 Å². The van der Waals surface area contributed by atoms with Crippen molar-refractivity contribution in [1.29, 1.82) is 0 Å². The molecule has 0 heterocycles. The van der Waals surface area contributed by atoms with Crippen LogP contribution in [0, 0.1) is 0 Å². The van der Waals surface area contributed by atoms with E-state index in [4.69, 9.17) is 0 Å². The van der Waals surface area contributed by atoms with E-state index < -0.39 is 0 Å². The standard InChI is InChI=1S/C39H14/c1-10-4-16-6-12-2-14-8-18-9-15-3-13-7-17-5-11(1)20-19(10)28-25(16)30-21(12)23(14)32-27(18)33-24(15)22(13)31-26(17)29(20)35-34(28)36(30)38(32)39(33)37(31)35/h4-8,15H,1-3,9H2. The SMILES string of the molecule is c1c2c3c4c5c6c(cc7cc8c9c%10c(cc%11cc%12c%13c(c1C%12)c3c1c4c3c6c7c9c3c3c%10c%11c%13c13)C8)CC5C2. The molecule has 16 rings (SSSR count). The van der Waals surface area contributed by atoms with Gasteiger partial charge in [0.1, 0.15) is 0 Å². The van der Waals surface area contributed by atoms with Gasteiger partial charge in [-0.05, 0) is 189 Å². The van der Waals surface area contributed by atoms with Crippen LogP contribution in [0.1, 0.15) is 44.9 Å². The van der Waals surface area contributed by atoms with Gasteiger partial charge in [0.15, 0.2) is 0 Å². The van der Waals surface area contributed by atoms with E-state index in [1.54, 1.807) is 147 Å². The van der Waals surface area contributed by atoms with Crippen LogP contribution in [0.3, 0.4) is 0 Å². The molecule has 1 unspecified atom stereocenters. The molecular formula is C39H14. The lowest BCUT2D eigenvalue weighted by atomic mass is 9.81. The maximum atomic E-state index is 2.67. The molecule has 4 aliphatic carbocycles. The molecule has 39 heavy (non-hydrogen) atoms. The quantitative estimate of drug-likeness (QED) is 0.189. The van der Waals surface area contributed by atoms with Crippen molar-refractivity contribution in [3.05, 3.63) is 69.3 Å². The smallest absolute Gasteiger partial charge is 0.0000136 e. The Morgan fingerprint density at radius 3 is 1.23 bits per heavy atom. The molecule has 0 saturated heterocycles. The number of hydrogen-bond donors (Lipinski definition) is 0. The summed E-state index contributed by atoms with van der Waals surface area (Å²) in [4.78, 5) is 0. The molecule has 1 atom stereocenters. The first-order valence-electron chi connectivity index (χ1n) is 14.9. The molecule has 12 aromatic carbocycles. The highest BCUT2D eigenvalue weighted by molar-refractivity contribution is 6.65. The largest absolute Gasteiger partial charge is 0.0542 e. The number of benzene rings is 9. The Bertz CT molecular complexity index is 3240. The van der Waals surface area contributed by atoms with Crippen molar-refractivity contribution in [1.82, 2.24) is 0 Å². The molecule has 0 aromatic heterocycles. The second kappa shape index (κ2) is 3.98. The zero-order chi connectivity index (χ0) is 23.7. The van der Waals surface area contributed by atoms with Crippen molar-refractivity contribution in [2.45, 2.75) is 31.6 Å². The van der Waals surface area contributed by atoms with Crippen LogP contribution >= 0.6 is 0 Å². The Labute approximate surface area is 219 Å². The maximum Gasteiger partial charge on any atom is -0.0000136 e. The first-order chi connectivity index (χ1) is 19.3. The Hall–Kier alpha value is -4.42. The molecule has 0 heteroatoms. The van der Waals surface area contributed by atoms with E-state index in [1.165, 1.54) is 23.6 Å². The molecule has 0 saturated carbocycles. The van der Waals surface area contributed by atoms with Crippen molar-refractivity contribution in [3.63, 3.8) is 0 Å². The summed E-state index contributed by atoms with van der Waals surface area (Å²) in [6, 6.07) is 13.1. The first-order valence-corrected chi connectivity index (χ1v) is 14.9. The molecule has 0 amide bonds. The average molecular weight is 483 g/mol. The molecule has 0 fully saturated rings. The zero-order valence-corrected chi connectivity index (χ0v) is 20.8. The van der Waals surface area contributed by atoms with Crippen LogP contribution in [-0.4, -0.2) is 0 Å². The van der Waals surface area contributed by atoms with E-state index in [9.17, 15) is 0 Å². The predicted octanol–water partition coefficient (Wildman–Crippen LogP) is 9.88. The van der Waals surface area contributed by atoms with Crippen LogP contribution in [0.4, 0.5) is 0 Å². The summed E-state index contributed by atoms with van der Waals surface area (Å²) in [5.41, 5.74) is 11.4. The first kappa shape index (κ1) is 15.9. The molecule has 4 aliphatic rings. The Morgan fingerprint density at radius 2 is 0.667 bits per heavy atom. The number of hydrogen-bond acceptors (Lipinski definition) is 0. The summed E-state index contributed by atoms with van der Waals surface area (Å²) in [6.45, 7) is 0. The summed E-state index contributed by atoms with van der Waals surface area (Å²) in [6.07, 6.45) is 4.66. The lowest BCUT2D eigenvalue weighted by Gasteiger charge is -2.21. The highest BCUT2D eigenvalue weighted by atomic mass is 14.5. The van der Waals surface area contributed by atoms with Crippen LogP contribution in [0.5, 0.6) is 0 Å². The van der Waals surface area contributed by atoms with Crippen LogP contribution in [-0.2, 0) is 25.7 Å². The fourth-order valence-corrected chi connectivity index (χ4v) is 12.4. The van der Waals surface area contributed by atoms with E-state index in [0.717, 1.165) is 12.8 Å². The van der Waals surface area contributed by atoms with Crippen molar-refractivity contribution < 1.29 is 0 Å². The molecule has 0 radical (unpaired) electrons. The van der Waals surface area contributed by atoms with Crippen molar-refractivity contribution in [2.75, 3.05) is 0 Å². The fraction of sp³-hybridized carbons (Fsp3) is 0.128. The van der Waals surface area contributed by atoms with E-state index in [-0.39, 0.29) is 0 Å². The van der Waals surface area contributed by atoms with Crippen molar-refractivity contribution in [3.8, 4) is 0 Å². The van der Waals surface area contributed by atoms with E-state index in [1.807, 2.05) is 0 Å². The monoisotopic (exact) mass is 482 g/mol. The maximum absolute atomic E-state index is 2.67. The van der Waals surface area contributed by atoms with Gasteiger partial charge in [-0.3, -0.25) is 0 Å². The third kappa shape index (κ3) is 1.09. The van der Waals surface area contributed by atoms with Gasteiger partial charge in [-0.15, -0.1) is 0 Å². The van der Waals surface area contributed by atoms with Gasteiger partial charge in [0, 0.05) is 0 Å². The molecule has 0 nitrogen and oxygen atoms in total. The highest BCUT2D eigenvalue weighted by Crippen LogP contribution is 2.68. The van der Waals surface area contributed by atoms with Crippen LogP contribution < -0.4 is 0 Å². The molecule has 0 aliphatic heterocycles. The van der Waals surface area contributed by atoms with E-state index in [0.29, 0.717) is 5.92 Å². The van der Waals surface area contributed by atoms with Gasteiger partial charge < -0.3 is 0 Å². The van der Waals surface area contributed by atoms with Gasteiger partial charge in [0.2, 0.25) is 0 Å². The second-order valence-corrected chi connectivity index (χ2v) is 14.2. The summed E-state index contributed by atoms with van der Waals surface area (Å²) in [5.74, 6) is 0.648. The summed E-state index contributed by atoms with van der Waals surface area (Å²) < 4.78 is 0. The lowest BCUT2D eigenvalue weighted by molar-refractivity contribution is 0.712. The lowest BCUT2D eigenvalue weighted by Crippen LogP contribution is -2.06. The molecule has 0 N–H and O–H groups in total. The Morgan fingerprint density at radius 1 is 0.308 bits per heavy atom. The van der Waals surface area contributed by atoms with E-state index >= 15 is 0 Å². The average Bonchev–Trinajstić information content (AvgIpc) is 3.74. The fourth-order valence-electron chi connectivity index (χ4n) is 12.4. The normalized spacial score (nSPS) is 19.6. The van der Waals surface area contributed by atoms with E-state index in [2.05, 4.69) is 30.3 Å². The molecule has 170 valence electrons. The zero-order valence-electron chi connectivity index (χ0n) is 20.8. The van der Waals surface area contributed by atoms with Gasteiger partial charge in [-0.1, -0.05) is 30.3 Å². The molecule has 0 spiro atoms. The minimum Gasteiger partial charge on any atom is -0.0542 e. The number of rotatable bonds is 0. The minimum atomic E-state index is 0.648. The Kier molecular flexibility index (Phi) is 1.62. The third-order valence-electron chi connectivity index (χ3n) is 13.1. The predicted molar refractivity (Wildman–Crippen MR) is 164 cm³/mol. The van der Waals surface area contributed by atoms with Gasteiger partial charge in [0.05, 0.1) is 0 Å². The van der Waals surface area contributed by atoms with Gasteiger partial charge in [0.25, 0.3) is 0 Å². The summed E-state index contributed by atoms with van der Waals surface area (Å²) in [5, 5.41) is 35.8. The van der Waals surface area contributed by atoms with Crippen LogP contribution in [0.2, 0.25) is 0 Å². The van der Waals surface area contributed by atoms with Crippen molar-refractivity contribution in [2.24, 2.45) is 0 Å². The van der Waals surface area contributed by atoms with Crippen molar-refractivity contribution >= 4 is 118 Å². The molecular weight excluding hydrogens is 468 g/mol. The Balaban J connectivity index is 1.54. The minimum absolute atomic E-state index is 0.648. The molecule has 12 aromatic rings. The summed E-state index contributed by atoms with van der Waals surface area (Å²) >= 11 is 0. The van der Waals surface area contributed by atoms with Crippen LogP contribution in [0.15, 0.2) is 30.3 Å². The van der Waals surface area contributed by atoms with Gasteiger partial charge in [-0.25, -0.2) is 0 Å². The summed E-state index contributed by atoms with van der Waals surface area (Å²) in [7, 11) is 0. The van der Waals surface area contributed by atoms with Crippen LogP contribution in [0.25, 0.3) is 118 Å². The van der Waals surface area contributed by atoms with Gasteiger partial charge >= 0.3 is 0 Å². The molecule has 0 bridgehead atoms. The highest BCUT2D eigenvalue weighted by Gasteiger charge is 2.43. The second-order valence-electron chi connectivity index (χ2n) is 14.2.